The Balaban J connectivity index is 1.48. The molecule has 3 N–H and O–H groups in total. The smallest absolute Gasteiger partial charge is 0.354 e. The number of aromatic carboxylic acids is 1. The van der Waals surface area contributed by atoms with Crippen molar-refractivity contribution in [1.29, 1.82) is 5.26 Å². The van der Waals surface area contributed by atoms with E-state index >= 15 is 0 Å². The maximum atomic E-state index is 13.2. The fourth-order valence-electron chi connectivity index (χ4n) is 3.91. The van der Waals surface area contributed by atoms with Gasteiger partial charge in [-0.2, -0.15) is 5.26 Å². The second kappa shape index (κ2) is 11.3. The van der Waals surface area contributed by atoms with Gasteiger partial charge in [0, 0.05) is 24.5 Å². The highest BCUT2D eigenvalue weighted by Crippen LogP contribution is 2.23. The highest BCUT2D eigenvalue weighted by atomic mass is 19.1. The molecule has 0 radical (unpaired) electrons. The van der Waals surface area contributed by atoms with Crippen LogP contribution in [0.2, 0.25) is 0 Å². The Hall–Kier alpha value is -5.10. The van der Waals surface area contributed by atoms with Crippen LogP contribution in [0.25, 0.3) is 11.1 Å². The van der Waals surface area contributed by atoms with E-state index < -0.39 is 17.9 Å². The van der Waals surface area contributed by atoms with Gasteiger partial charge in [0.25, 0.3) is 5.91 Å². The Morgan fingerprint density at radius 1 is 1.03 bits per heavy atom. The maximum Gasteiger partial charge on any atom is 0.354 e. The highest BCUT2D eigenvalue weighted by molar-refractivity contribution is 5.99. The number of aryl methyl sites for hydroxylation is 1. The molecule has 0 bridgehead atoms. The summed E-state index contributed by atoms with van der Waals surface area (Å²) in [6.45, 7) is 3.85. The van der Waals surface area contributed by atoms with Crippen molar-refractivity contribution in [3.8, 4) is 17.2 Å². The molecule has 4 rings (SSSR count). The zero-order chi connectivity index (χ0) is 27.2. The van der Waals surface area contributed by atoms with E-state index in [4.69, 9.17) is 0 Å². The van der Waals surface area contributed by atoms with Crippen molar-refractivity contribution in [2.45, 2.75) is 26.4 Å². The van der Waals surface area contributed by atoms with Crippen molar-refractivity contribution < 1.29 is 19.1 Å². The lowest BCUT2D eigenvalue weighted by Gasteiger charge is -2.16. The first-order valence-electron chi connectivity index (χ1n) is 11.7. The molecule has 2 aromatic heterocycles. The number of carbonyl (C=O) groups is 2. The van der Waals surface area contributed by atoms with E-state index in [1.54, 1.807) is 32.0 Å². The molecule has 0 spiro atoms. The van der Waals surface area contributed by atoms with Crippen LogP contribution in [0.4, 0.5) is 10.2 Å². The third-order valence-corrected chi connectivity index (χ3v) is 6.01. The van der Waals surface area contributed by atoms with Gasteiger partial charge in [-0.3, -0.25) is 4.79 Å². The van der Waals surface area contributed by atoms with Crippen molar-refractivity contribution in [3.63, 3.8) is 0 Å². The van der Waals surface area contributed by atoms with Crippen molar-refractivity contribution in [2.24, 2.45) is 0 Å². The molecule has 0 aliphatic carbocycles. The summed E-state index contributed by atoms with van der Waals surface area (Å²) in [7, 11) is 0. The van der Waals surface area contributed by atoms with Crippen LogP contribution < -0.4 is 10.6 Å². The number of carboxylic acids is 1. The van der Waals surface area contributed by atoms with Crippen molar-refractivity contribution in [3.05, 3.63) is 112 Å². The summed E-state index contributed by atoms with van der Waals surface area (Å²) in [5.74, 6) is -1.52. The molecule has 9 heteroatoms. The van der Waals surface area contributed by atoms with Gasteiger partial charge in [-0.05, 0) is 60.4 Å². The van der Waals surface area contributed by atoms with Crippen molar-refractivity contribution in [2.75, 3.05) is 5.32 Å². The molecule has 0 aliphatic rings. The maximum absolute atomic E-state index is 13.2. The molecular weight excluding hydrogens is 485 g/mol. The number of anilines is 1. The summed E-state index contributed by atoms with van der Waals surface area (Å²) in [6.07, 6.45) is 2.92. The number of hydrogen-bond donors (Lipinski definition) is 3. The number of carboxylic acid groups (broad SMARTS) is 1. The molecule has 0 aliphatic heterocycles. The molecule has 1 amide bonds. The molecule has 0 saturated heterocycles. The van der Waals surface area contributed by atoms with E-state index in [1.165, 1.54) is 30.6 Å². The number of carbonyl (C=O) groups excluding carboxylic acids is 1. The zero-order valence-corrected chi connectivity index (χ0v) is 20.7. The van der Waals surface area contributed by atoms with Crippen molar-refractivity contribution in [1.82, 2.24) is 15.3 Å². The topological polar surface area (TPSA) is 128 Å². The number of aromatic nitrogens is 2. The summed E-state index contributed by atoms with van der Waals surface area (Å²) in [6, 6.07) is 18.3. The molecule has 190 valence electrons. The summed E-state index contributed by atoms with van der Waals surface area (Å²) < 4.78 is 13.2. The number of amides is 1. The molecule has 2 aromatic carbocycles. The van der Waals surface area contributed by atoms with E-state index in [1.807, 2.05) is 30.3 Å². The van der Waals surface area contributed by atoms with Gasteiger partial charge in [0.1, 0.15) is 17.7 Å². The lowest BCUT2D eigenvalue weighted by molar-refractivity contribution is 0.0689. The average Bonchev–Trinajstić information content (AvgIpc) is 2.92. The number of nitriles is 1. The van der Waals surface area contributed by atoms with E-state index in [2.05, 4.69) is 20.6 Å². The first-order valence-corrected chi connectivity index (χ1v) is 11.7. The standard InChI is InChI=1S/C29H24FN5O3/c1-17-11-23(16-32-26(17)29(37)38)22-5-3-19(4-6-22)14-33-27-25(12-20(13-31)15-34-27)28(36)35-18(2)21-7-9-24(30)10-8-21/h3-12,15-16,18H,14H2,1-2H3,(H,33,34)(H,35,36)(H,37,38)/t18-/m0/s1. The van der Waals surface area contributed by atoms with Gasteiger partial charge in [0.05, 0.1) is 17.2 Å². The average molecular weight is 510 g/mol. The fraction of sp³-hybridized carbons (Fsp3) is 0.138. The van der Waals surface area contributed by atoms with Crippen LogP contribution in [-0.2, 0) is 6.54 Å². The second-order valence-electron chi connectivity index (χ2n) is 8.72. The Morgan fingerprint density at radius 2 is 1.74 bits per heavy atom. The third-order valence-electron chi connectivity index (χ3n) is 6.01. The van der Waals surface area contributed by atoms with Gasteiger partial charge in [-0.1, -0.05) is 36.4 Å². The molecule has 4 aromatic rings. The Morgan fingerprint density at radius 3 is 2.37 bits per heavy atom. The lowest BCUT2D eigenvalue weighted by Crippen LogP contribution is -2.28. The third kappa shape index (κ3) is 5.99. The van der Waals surface area contributed by atoms with E-state index in [0.29, 0.717) is 17.9 Å². The number of pyridine rings is 2. The molecule has 0 unspecified atom stereocenters. The van der Waals surface area contributed by atoms with E-state index in [0.717, 1.165) is 22.3 Å². The van der Waals surface area contributed by atoms with Crippen LogP contribution in [0.1, 0.15) is 56.1 Å². The molecule has 2 heterocycles. The number of halogens is 1. The van der Waals surface area contributed by atoms with Gasteiger partial charge in [0.15, 0.2) is 5.69 Å². The molecule has 0 saturated carbocycles. The van der Waals surface area contributed by atoms with Gasteiger partial charge in [0.2, 0.25) is 0 Å². The van der Waals surface area contributed by atoms with Gasteiger partial charge in [-0.25, -0.2) is 19.2 Å². The van der Waals surface area contributed by atoms with Gasteiger partial charge in [-0.15, -0.1) is 0 Å². The summed E-state index contributed by atoms with van der Waals surface area (Å²) in [5.41, 5.74) is 4.40. The number of nitrogens with one attached hydrogen (secondary N) is 2. The minimum absolute atomic E-state index is 0.0244. The SMILES string of the molecule is Cc1cc(-c2ccc(CNc3ncc(C#N)cc3C(=O)N[C@@H](C)c3ccc(F)cc3)cc2)cnc1C(=O)O. The number of rotatable bonds is 8. The lowest BCUT2D eigenvalue weighted by atomic mass is 10.0. The summed E-state index contributed by atoms with van der Waals surface area (Å²) in [5, 5.41) is 24.5. The fourth-order valence-corrected chi connectivity index (χ4v) is 3.91. The number of hydrogen-bond acceptors (Lipinski definition) is 6. The quantitative estimate of drug-likeness (QED) is 0.295. The monoisotopic (exact) mass is 509 g/mol. The minimum atomic E-state index is -1.06. The molecular formula is C29H24FN5O3. The van der Waals surface area contributed by atoms with E-state index in [-0.39, 0.29) is 22.6 Å². The van der Waals surface area contributed by atoms with Crippen LogP contribution in [-0.4, -0.2) is 27.0 Å². The Labute approximate surface area is 218 Å². The number of nitrogens with zero attached hydrogens (tertiary/aromatic N) is 3. The Bertz CT molecular complexity index is 1530. The van der Waals surface area contributed by atoms with Crippen LogP contribution in [0.3, 0.4) is 0 Å². The molecule has 38 heavy (non-hydrogen) atoms. The summed E-state index contributed by atoms with van der Waals surface area (Å²) >= 11 is 0. The first-order chi connectivity index (χ1) is 18.2. The van der Waals surface area contributed by atoms with Crippen molar-refractivity contribution >= 4 is 17.7 Å². The summed E-state index contributed by atoms with van der Waals surface area (Å²) in [4.78, 5) is 32.6. The van der Waals surface area contributed by atoms with Gasteiger partial charge >= 0.3 is 5.97 Å². The van der Waals surface area contributed by atoms with Crippen LogP contribution in [0.5, 0.6) is 0 Å². The first kappa shape index (κ1) is 26.0. The zero-order valence-electron chi connectivity index (χ0n) is 20.7. The molecule has 0 fully saturated rings. The molecule has 1 atom stereocenters. The van der Waals surface area contributed by atoms with Gasteiger partial charge < -0.3 is 15.7 Å². The largest absolute Gasteiger partial charge is 0.477 e. The highest BCUT2D eigenvalue weighted by Gasteiger charge is 2.17. The number of benzene rings is 2. The predicted molar refractivity (Wildman–Crippen MR) is 140 cm³/mol. The predicted octanol–water partition coefficient (Wildman–Crippen LogP) is 5.26. The van der Waals surface area contributed by atoms with Crippen LogP contribution >= 0.6 is 0 Å². The normalized spacial score (nSPS) is 11.3. The second-order valence-corrected chi connectivity index (χ2v) is 8.72. The van der Waals surface area contributed by atoms with E-state index in [9.17, 15) is 24.3 Å². The van der Waals surface area contributed by atoms with Crippen LogP contribution in [0, 0.1) is 24.1 Å². The van der Waals surface area contributed by atoms with Crippen LogP contribution in [0.15, 0.2) is 73.1 Å². The Kier molecular flexibility index (Phi) is 7.73. The minimum Gasteiger partial charge on any atom is -0.477 e. The molecule has 8 nitrogen and oxygen atoms in total.